The molecule has 0 saturated carbocycles. The molecular formula is C11H21O4P. The van der Waals surface area contributed by atoms with Gasteiger partial charge in [-0.15, -0.1) is 0 Å². The van der Waals surface area contributed by atoms with Crippen molar-refractivity contribution in [3.8, 4) is 0 Å². The number of hydrogen-bond acceptors (Lipinski definition) is 4. The molecule has 0 heterocycles. The van der Waals surface area contributed by atoms with Crippen molar-refractivity contribution < 1.29 is 18.6 Å². The number of unbranched alkanes of at least 4 members (excludes halogenated alkanes) is 1. The van der Waals surface area contributed by atoms with Crippen LogP contribution in [0.15, 0.2) is 12.4 Å². The zero-order valence-corrected chi connectivity index (χ0v) is 11.0. The predicted molar refractivity (Wildman–Crippen MR) is 64.8 cm³/mol. The minimum Gasteiger partial charge on any atom is -0.466 e. The van der Waals surface area contributed by atoms with E-state index in [1.54, 1.807) is 13.8 Å². The third-order valence-electron chi connectivity index (χ3n) is 2.03. The highest BCUT2D eigenvalue weighted by molar-refractivity contribution is 7.62. The van der Waals surface area contributed by atoms with E-state index in [0.29, 0.717) is 38.6 Å². The Balaban J connectivity index is 3.75. The molecule has 0 bridgehead atoms. The van der Waals surface area contributed by atoms with Gasteiger partial charge in [0.1, 0.15) is 0 Å². The molecule has 0 aliphatic rings. The second-order valence-corrected chi connectivity index (χ2v) is 5.84. The first-order chi connectivity index (χ1) is 7.58. The number of hydrogen-bond donors (Lipinski definition) is 0. The van der Waals surface area contributed by atoms with Gasteiger partial charge in [-0.3, -0.25) is 9.36 Å². The minimum absolute atomic E-state index is 0.202. The van der Waals surface area contributed by atoms with Crippen LogP contribution in [0.1, 0.15) is 33.1 Å². The second-order valence-electron chi connectivity index (χ2n) is 3.31. The lowest BCUT2D eigenvalue weighted by Crippen LogP contribution is -2.04. The van der Waals surface area contributed by atoms with Crippen molar-refractivity contribution in [2.24, 2.45) is 0 Å². The maximum absolute atomic E-state index is 11.9. The lowest BCUT2D eigenvalue weighted by atomic mass is 10.2. The molecule has 0 amide bonds. The quantitative estimate of drug-likeness (QED) is 0.357. The Morgan fingerprint density at radius 2 is 2.00 bits per heavy atom. The summed E-state index contributed by atoms with van der Waals surface area (Å²) in [5.74, 6) is 1.19. The molecule has 0 rings (SSSR count). The van der Waals surface area contributed by atoms with Crippen molar-refractivity contribution in [2.75, 3.05) is 19.4 Å². The van der Waals surface area contributed by atoms with Crippen LogP contribution >= 0.6 is 7.37 Å². The zero-order chi connectivity index (χ0) is 12.4. The first-order valence-corrected chi connectivity index (χ1v) is 7.48. The molecule has 0 N–H and O–H groups in total. The first-order valence-electron chi connectivity index (χ1n) is 5.60. The molecule has 0 radical (unpaired) electrons. The van der Waals surface area contributed by atoms with Gasteiger partial charge < -0.3 is 9.26 Å². The first kappa shape index (κ1) is 15.4. The van der Waals surface area contributed by atoms with Gasteiger partial charge in [-0.05, 0) is 32.5 Å². The summed E-state index contributed by atoms with van der Waals surface area (Å²) >= 11 is 0. The van der Waals surface area contributed by atoms with Gasteiger partial charge in [-0.2, -0.15) is 0 Å². The number of rotatable bonds is 9. The number of carbonyl (C=O) groups excluding carboxylic acids is 1. The van der Waals surface area contributed by atoms with Crippen LogP contribution in [0.5, 0.6) is 0 Å². The number of ether oxygens (including phenoxy) is 1. The number of carbonyl (C=O) groups is 1. The Hall–Kier alpha value is -0.600. The molecule has 1 unspecified atom stereocenters. The van der Waals surface area contributed by atoms with E-state index < -0.39 is 7.37 Å². The van der Waals surface area contributed by atoms with E-state index in [2.05, 4.69) is 6.58 Å². The molecule has 0 aromatic heterocycles. The molecule has 1 atom stereocenters. The molecule has 0 fully saturated rings. The van der Waals surface area contributed by atoms with Gasteiger partial charge in [-0.1, -0.05) is 6.58 Å². The van der Waals surface area contributed by atoms with Gasteiger partial charge in [0.05, 0.1) is 13.2 Å². The van der Waals surface area contributed by atoms with Gasteiger partial charge in [0.25, 0.3) is 0 Å². The van der Waals surface area contributed by atoms with E-state index >= 15 is 0 Å². The van der Waals surface area contributed by atoms with Crippen LogP contribution in [0.4, 0.5) is 0 Å². The minimum atomic E-state index is -2.66. The molecule has 0 spiro atoms. The van der Waals surface area contributed by atoms with Gasteiger partial charge in [0.15, 0.2) is 0 Å². The fraction of sp³-hybridized carbons (Fsp3) is 0.727. The van der Waals surface area contributed by atoms with Crippen LogP contribution < -0.4 is 0 Å². The SMILES string of the molecule is C=CP(=O)(CCCCC(=O)OCC)OCC. The van der Waals surface area contributed by atoms with Crippen molar-refractivity contribution in [2.45, 2.75) is 33.1 Å². The van der Waals surface area contributed by atoms with Crippen LogP contribution in [-0.4, -0.2) is 25.3 Å². The molecule has 4 nitrogen and oxygen atoms in total. The summed E-state index contributed by atoms with van der Waals surface area (Å²) in [6.45, 7) is 7.92. The highest BCUT2D eigenvalue weighted by Crippen LogP contribution is 2.48. The van der Waals surface area contributed by atoms with E-state index in [9.17, 15) is 9.36 Å². The van der Waals surface area contributed by atoms with Crippen molar-refractivity contribution in [3.05, 3.63) is 12.4 Å². The Morgan fingerprint density at radius 3 is 2.50 bits per heavy atom. The highest BCUT2D eigenvalue weighted by Gasteiger charge is 2.17. The van der Waals surface area contributed by atoms with Crippen LogP contribution in [0.3, 0.4) is 0 Å². The normalized spacial score (nSPS) is 14.1. The van der Waals surface area contributed by atoms with Crippen LogP contribution in [-0.2, 0) is 18.6 Å². The predicted octanol–water partition coefficient (Wildman–Crippen LogP) is 3.18. The summed E-state index contributed by atoms with van der Waals surface area (Å²) in [4.78, 5) is 11.0. The third kappa shape index (κ3) is 6.81. The number of esters is 1. The molecular weight excluding hydrogens is 227 g/mol. The summed E-state index contributed by atoms with van der Waals surface area (Å²) in [6.07, 6.45) is 2.17. The fourth-order valence-corrected chi connectivity index (χ4v) is 2.78. The zero-order valence-electron chi connectivity index (χ0n) is 10.1. The molecule has 0 aromatic rings. The van der Waals surface area contributed by atoms with E-state index in [1.807, 2.05) is 0 Å². The lowest BCUT2D eigenvalue weighted by molar-refractivity contribution is -0.143. The second kappa shape index (κ2) is 8.54. The van der Waals surface area contributed by atoms with Gasteiger partial charge in [0, 0.05) is 12.6 Å². The van der Waals surface area contributed by atoms with Crippen LogP contribution in [0.2, 0.25) is 0 Å². The lowest BCUT2D eigenvalue weighted by Gasteiger charge is -2.12. The van der Waals surface area contributed by atoms with E-state index in [0.717, 1.165) is 0 Å². The highest BCUT2D eigenvalue weighted by atomic mass is 31.2. The van der Waals surface area contributed by atoms with Crippen molar-refractivity contribution in [1.82, 2.24) is 0 Å². The molecule has 0 aliphatic heterocycles. The molecule has 0 aromatic carbocycles. The molecule has 0 saturated heterocycles. The average molecular weight is 248 g/mol. The summed E-state index contributed by atoms with van der Waals surface area (Å²) in [7, 11) is -2.66. The smallest absolute Gasteiger partial charge is 0.305 e. The molecule has 5 heteroatoms. The Kier molecular flexibility index (Phi) is 8.22. The van der Waals surface area contributed by atoms with Gasteiger partial charge in [0.2, 0.25) is 7.37 Å². The standard InChI is InChI=1S/C11H21O4P/c1-4-14-11(12)9-7-8-10-16(13,6-3)15-5-2/h6H,3-5,7-10H2,1-2H3. The Labute approximate surface area is 97.5 Å². The van der Waals surface area contributed by atoms with E-state index in [-0.39, 0.29) is 5.97 Å². The van der Waals surface area contributed by atoms with E-state index in [1.165, 1.54) is 5.82 Å². The summed E-state index contributed by atoms with van der Waals surface area (Å²) in [5, 5.41) is 0. The summed E-state index contributed by atoms with van der Waals surface area (Å²) in [6, 6.07) is 0. The molecule has 94 valence electrons. The van der Waals surface area contributed by atoms with Gasteiger partial charge >= 0.3 is 5.97 Å². The largest absolute Gasteiger partial charge is 0.466 e. The topological polar surface area (TPSA) is 52.6 Å². The van der Waals surface area contributed by atoms with Crippen LogP contribution in [0, 0.1) is 0 Å². The maximum atomic E-state index is 11.9. The van der Waals surface area contributed by atoms with Crippen LogP contribution in [0.25, 0.3) is 0 Å². The molecule has 16 heavy (non-hydrogen) atoms. The van der Waals surface area contributed by atoms with Crippen molar-refractivity contribution in [1.29, 1.82) is 0 Å². The average Bonchev–Trinajstić information content (AvgIpc) is 2.25. The summed E-state index contributed by atoms with van der Waals surface area (Å²) < 4.78 is 21.8. The summed E-state index contributed by atoms with van der Waals surface area (Å²) in [5.41, 5.74) is 0. The third-order valence-corrected chi connectivity index (χ3v) is 4.22. The Bertz CT molecular complexity index is 263. The Morgan fingerprint density at radius 1 is 1.31 bits per heavy atom. The fourth-order valence-electron chi connectivity index (χ4n) is 1.26. The van der Waals surface area contributed by atoms with E-state index in [4.69, 9.17) is 9.26 Å². The van der Waals surface area contributed by atoms with Crippen molar-refractivity contribution >= 4 is 13.3 Å². The van der Waals surface area contributed by atoms with Crippen molar-refractivity contribution in [3.63, 3.8) is 0 Å². The molecule has 0 aliphatic carbocycles. The van der Waals surface area contributed by atoms with Gasteiger partial charge in [-0.25, -0.2) is 0 Å². The monoisotopic (exact) mass is 248 g/mol. The maximum Gasteiger partial charge on any atom is 0.305 e.